The van der Waals surface area contributed by atoms with Crippen molar-refractivity contribution >= 4 is 12.4 Å². The molecule has 0 aromatic rings. The molecule has 0 aromatic carbocycles. The van der Waals surface area contributed by atoms with E-state index in [-0.39, 0.29) is 12.4 Å². The van der Waals surface area contributed by atoms with Gasteiger partial charge in [0, 0.05) is 6.54 Å². The summed E-state index contributed by atoms with van der Waals surface area (Å²) in [4.78, 5) is 0. The Labute approximate surface area is 74.5 Å². The Bertz CT molecular complexity index is 113. The van der Waals surface area contributed by atoms with Gasteiger partial charge < -0.3 is 10.6 Å². The van der Waals surface area contributed by atoms with Gasteiger partial charge in [0.25, 0.3) is 0 Å². The van der Waals surface area contributed by atoms with Crippen LogP contribution in [0.25, 0.3) is 0 Å². The van der Waals surface area contributed by atoms with Gasteiger partial charge in [0.05, 0.1) is 0 Å². The molecule has 0 unspecified atom stereocenters. The Kier molecular flexibility index (Phi) is 3.16. The van der Waals surface area contributed by atoms with Crippen molar-refractivity contribution in [2.45, 2.75) is 19.3 Å². The van der Waals surface area contributed by atoms with Crippen LogP contribution >= 0.6 is 12.4 Å². The minimum atomic E-state index is 0. The van der Waals surface area contributed by atoms with Gasteiger partial charge >= 0.3 is 0 Å². The quantitative estimate of drug-likeness (QED) is 0.570. The molecule has 0 saturated carbocycles. The highest BCUT2D eigenvalue weighted by Crippen LogP contribution is 2.34. The third kappa shape index (κ3) is 1.86. The van der Waals surface area contributed by atoms with Crippen molar-refractivity contribution in [2.75, 3.05) is 26.2 Å². The highest BCUT2D eigenvalue weighted by molar-refractivity contribution is 5.85. The maximum Gasteiger partial charge on any atom is 0.000924 e. The lowest BCUT2D eigenvalue weighted by Gasteiger charge is -2.32. The van der Waals surface area contributed by atoms with E-state index in [0.717, 1.165) is 0 Å². The van der Waals surface area contributed by atoms with Crippen molar-refractivity contribution in [3.63, 3.8) is 0 Å². The van der Waals surface area contributed by atoms with Gasteiger partial charge in [-0.15, -0.1) is 12.4 Å². The monoisotopic (exact) mass is 176 g/mol. The second-order valence-corrected chi connectivity index (χ2v) is 3.68. The van der Waals surface area contributed by atoms with Crippen LogP contribution in [-0.2, 0) is 0 Å². The first-order valence-corrected chi connectivity index (χ1v) is 4.33. The molecule has 0 radical (unpaired) electrons. The van der Waals surface area contributed by atoms with Gasteiger partial charge in [0.15, 0.2) is 0 Å². The van der Waals surface area contributed by atoms with Crippen LogP contribution in [0.5, 0.6) is 0 Å². The summed E-state index contributed by atoms with van der Waals surface area (Å²) in [5.41, 5.74) is 0.700. The zero-order valence-corrected chi connectivity index (χ0v) is 7.67. The summed E-state index contributed by atoms with van der Waals surface area (Å²) in [7, 11) is 0. The van der Waals surface area contributed by atoms with Crippen LogP contribution in [0, 0.1) is 5.41 Å². The standard InChI is InChI=1S/C8H16N2.ClH/c1-4-9-5-2-8(1)3-6-10-7-8;/h9-10H,1-7H2;1H. The Hall–Kier alpha value is 0.210. The van der Waals surface area contributed by atoms with E-state index in [9.17, 15) is 0 Å². The zero-order valence-electron chi connectivity index (χ0n) is 6.86. The first-order chi connectivity index (χ1) is 4.91. The molecule has 2 aliphatic rings. The molecule has 11 heavy (non-hydrogen) atoms. The lowest BCUT2D eigenvalue weighted by Crippen LogP contribution is -2.37. The average molecular weight is 177 g/mol. The fourth-order valence-corrected chi connectivity index (χ4v) is 2.18. The summed E-state index contributed by atoms with van der Waals surface area (Å²) in [6.45, 7) is 5.00. The molecule has 2 fully saturated rings. The third-order valence-corrected chi connectivity index (χ3v) is 3.00. The van der Waals surface area contributed by atoms with Crippen molar-refractivity contribution in [3.8, 4) is 0 Å². The van der Waals surface area contributed by atoms with E-state index in [2.05, 4.69) is 10.6 Å². The molecule has 2 aliphatic heterocycles. The highest BCUT2D eigenvalue weighted by Gasteiger charge is 2.34. The van der Waals surface area contributed by atoms with Gasteiger partial charge in [-0.25, -0.2) is 0 Å². The van der Waals surface area contributed by atoms with Crippen LogP contribution in [0.4, 0.5) is 0 Å². The number of halogens is 1. The molecule has 2 heterocycles. The van der Waals surface area contributed by atoms with Crippen LogP contribution in [-0.4, -0.2) is 26.2 Å². The normalized spacial score (nSPS) is 28.4. The molecule has 0 aromatic heterocycles. The van der Waals surface area contributed by atoms with Crippen molar-refractivity contribution in [3.05, 3.63) is 0 Å². The molecular formula is C8H17ClN2. The SMILES string of the molecule is C1CC2(CCN1)CCNC2.Cl. The number of rotatable bonds is 0. The fraction of sp³-hybridized carbons (Fsp3) is 1.00. The second kappa shape index (κ2) is 3.74. The van der Waals surface area contributed by atoms with Gasteiger partial charge in [-0.3, -0.25) is 0 Å². The van der Waals surface area contributed by atoms with Crippen LogP contribution < -0.4 is 10.6 Å². The van der Waals surface area contributed by atoms with Crippen molar-refractivity contribution in [1.82, 2.24) is 10.6 Å². The van der Waals surface area contributed by atoms with E-state index in [1.54, 1.807) is 0 Å². The summed E-state index contributed by atoms with van der Waals surface area (Å²) in [6, 6.07) is 0. The lowest BCUT2D eigenvalue weighted by molar-refractivity contribution is 0.229. The van der Waals surface area contributed by atoms with Crippen molar-refractivity contribution in [1.29, 1.82) is 0 Å². The van der Waals surface area contributed by atoms with Gasteiger partial charge in [-0.1, -0.05) is 0 Å². The van der Waals surface area contributed by atoms with Crippen LogP contribution in [0.3, 0.4) is 0 Å². The first kappa shape index (κ1) is 9.30. The van der Waals surface area contributed by atoms with Gasteiger partial charge in [0.1, 0.15) is 0 Å². The number of hydrogen-bond donors (Lipinski definition) is 2. The summed E-state index contributed by atoms with van der Waals surface area (Å²) >= 11 is 0. The number of nitrogens with one attached hydrogen (secondary N) is 2. The minimum absolute atomic E-state index is 0. The molecule has 2 N–H and O–H groups in total. The Morgan fingerprint density at radius 2 is 1.36 bits per heavy atom. The fourth-order valence-electron chi connectivity index (χ4n) is 2.18. The molecule has 2 nitrogen and oxygen atoms in total. The first-order valence-electron chi connectivity index (χ1n) is 4.33. The maximum atomic E-state index is 3.46. The molecule has 2 saturated heterocycles. The van der Waals surface area contributed by atoms with Crippen LogP contribution in [0.1, 0.15) is 19.3 Å². The predicted octanol–water partition coefficient (Wildman–Crippen LogP) is 0.771. The van der Waals surface area contributed by atoms with E-state index >= 15 is 0 Å². The van der Waals surface area contributed by atoms with Gasteiger partial charge in [0.2, 0.25) is 0 Å². The van der Waals surface area contributed by atoms with Crippen LogP contribution in [0.15, 0.2) is 0 Å². The Morgan fingerprint density at radius 1 is 0.818 bits per heavy atom. The largest absolute Gasteiger partial charge is 0.317 e. The summed E-state index contributed by atoms with van der Waals surface area (Å²) < 4.78 is 0. The summed E-state index contributed by atoms with van der Waals surface area (Å²) in [5, 5.41) is 6.86. The predicted molar refractivity (Wildman–Crippen MR) is 49.3 cm³/mol. The molecular weight excluding hydrogens is 160 g/mol. The summed E-state index contributed by atoms with van der Waals surface area (Å²) in [6.07, 6.45) is 4.19. The Balaban J connectivity index is 0.000000605. The molecule has 66 valence electrons. The molecule has 1 spiro atoms. The number of hydrogen-bond acceptors (Lipinski definition) is 2. The number of piperidine rings is 1. The van der Waals surface area contributed by atoms with E-state index in [0.29, 0.717) is 5.41 Å². The highest BCUT2D eigenvalue weighted by atomic mass is 35.5. The van der Waals surface area contributed by atoms with Gasteiger partial charge in [-0.05, 0) is 44.3 Å². The van der Waals surface area contributed by atoms with E-state index < -0.39 is 0 Å². The molecule has 0 atom stereocenters. The lowest BCUT2D eigenvalue weighted by atomic mass is 9.78. The molecule has 0 aliphatic carbocycles. The molecule has 2 rings (SSSR count). The average Bonchev–Trinajstić information content (AvgIpc) is 2.39. The maximum absolute atomic E-state index is 3.46. The molecule has 0 amide bonds. The second-order valence-electron chi connectivity index (χ2n) is 3.68. The zero-order chi connectivity index (χ0) is 6.86. The third-order valence-electron chi connectivity index (χ3n) is 3.00. The van der Waals surface area contributed by atoms with E-state index in [1.807, 2.05) is 0 Å². The summed E-state index contributed by atoms with van der Waals surface area (Å²) in [5.74, 6) is 0. The van der Waals surface area contributed by atoms with Gasteiger partial charge in [-0.2, -0.15) is 0 Å². The topological polar surface area (TPSA) is 24.1 Å². The molecule has 0 bridgehead atoms. The smallest absolute Gasteiger partial charge is 0.000924 e. The minimum Gasteiger partial charge on any atom is -0.317 e. The molecule has 3 heteroatoms. The van der Waals surface area contributed by atoms with E-state index in [1.165, 1.54) is 45.4 Å². The Morgan fingerprint density at radius 3 is 1.91 bits per heavy atom. The van der Waals surface area contributed by atoms with Crippen molar-refractivity contribution in [2.24, 2.45) is 5.41 Å². The van der Waals surface area contributed by atoms with E-state index in [4.69, 9.17) is 0 Å². The van der Waals surface area contributed by atoms with Crippen molar-refractivity contribution < 1.29 is 0 Å². The van der Waals surface area contributed by atoms with Crippen LogP contribution in [0.2, 0.25) is 0 Å².